The van der Waals surface area contributed by atoms with Gasteiger partial charge in [0.25, 0.3) is 0 Å². The van der Waals surface area contributed by atoms with Crippen molar-refractivity contribution in [3.8, 4) is 0 Å². The maximum Gasteiger partial charge on any atom is 0.193 e. The van der Waals surface area contributed by atoms with Crippen molar-refractivity contribution in [2.75, 3.05) is 5.32 Å². The number of benzene rings is 1. The number of rotatable bonds is 3. The summed E-state index contributed by atoms with van der Waals surface area (Å²) in [7, 11) is 1.82. The zero-order chi connectivity index (χ0) is 13.0. The molecule has 94 valence electrons. The van der Waals surface area contributed by atoms with Gasteiger partial charge in [0.05, 0.1) is 18.4 Å². The number of aromatic nitrogens is 3. The molecular formula is C12H16N6. The second kappa shape index (κ2) is 5.31. The Labute approximate surface area is 106 Å². The molecule has 0 aliphatic carbocycles. The van der Waals surface area contributed by atoms with E-state index in [1.165, 1.54) is 5.56 Å². The average molecular weight is 244 g/mol. The number of hydrogen-bond donors (Lipinski definition) is 2. The van der Waals surface area contributed by atoms with Crippen molar-refractivity contribution in [1.29, 1.82) is 0 Å². The first-order valence-electron chi connectivity index (χ1n) is 5.62. The first kappa shape index (κ1) is 12.1. The predicted octanol–water partition coefficient (Wildman–Crippen LogP) is 1.05. The minimum absolute atomic E-state index is 0.377. The molecule has 1 aromatic carbocycles. The molecule has 0 unspecified atom stereocenters. The van der Waals surface area contributed by atoms with Crippen molar-refractivity contribution in [2.24, 2.45) is 17.8 Å². The van der Waals surface area contributed by atoms with E-state index in [4.69, 9.17) is 5.73 Å². The smallest absolute Gasteiger partial charge is 0.193 e. The molecule has 6 heteroatoms. The first-order valence-corrected chi connectivity index (χ1v) is 5.62. The van der Waals surface area contributed by atoms with E-state index in [1.54, 1.807) is 10.9 Å². The van der Waals surface area contributed by atoms with Crippen molar-refractivity contribution in [2.45, 2.75) is 13.5 Å². The Morgan fingerprint density at radius 3 is 3.00 bits per heavy atom. The normalized spacial score (nSPS) is 11.6. The van der Waals surface area contributed by atoms with Gasteiger partial charge in [0, 0.05) is 12.7 Å². The zero-order valence-electron chi connectivity index (χ0n) is 10.5. The lowest BCUT2D eigenvalue weighted by molar-refractivity contribution is 0.678. The highest BCUT2D eigenvalue weighted by Crippen LogP contribution is 2.08. The molecule has 1 heterocycles. The van der Waals surface area contributed by atoms with E-state index >= 15 is 0 Å². The molecule has 2 rings (SSSR count). The maximum absolute atomic E-state index is 5.81. The summed E-state index contributed by atoms with van der Waals surface area (Å²) in [6, 6.07) is 7.95. The van der Waals surface area contributed by atoms with Crippen LogP contribution in [0.1, 0.15) is 11.3 Å². The largest absolute Gasteiger partial charge is 0.370 e. The number of guanidine groups is 1. The molecule has 0 aliphatic rings. The Hall–Kier alpha value is -2.37. The molecule has 18 heavy (non-hydrogen) atoms. The van der Waals surface area contributed by atoms with Crippen LogP contribution in [0.25, 0.3) is 0 Å². The van der Waals surface area contributed by atoms with Crippen molar-refractivity contribution < 1.29 is 0 Å². The summed E-state index contributed by atoms with van der Waals surface area (Å²) < 4.78 is 1.67. The van der Waals surface area contributed by atoms with Gasteiger partial charge in [-0.05, 0) is 24.6 Å². The molecule has 0 saturated heterocycles. The van der Waals surface area contributed by atoms with Gasteiger partial charge in [-0.1, -0.05) is 17.3 Å². The summed E-state index contributed by atoms with van der Waals surface area (Å²) in [5.74, 6) is 0.377. The van der Waals surface area contributed by atoms with Crippen LogP contribution in [0.15, 0.2) is 35.5 Å². The van der Waals surface area contributed by atoms with Crippen LogP contribution in [0.5, 0.6) is 0 Å². The molecule has 0 atom stereocenters. The zero-order valence-corrected chi connectivity index (χ0v) is 10.5. The third kappa shape index (κ3) is 3.07. The Kier molecular flexibility index (Phi) is 3.57. The Morgan fingerprint density at radius 1 is 1.50 bits per heavy atom. The van der Waals surface area contributed by atoms with Gasteiger partial charge in [0.15, 0.2) is 5.96 Å². The molecule has 3 N–H and O–H groups in total. The van der Waals surface area contributed by atoms with E-state index in [2.05, 4.69) is 20.6 Å². The molecule has 0 amide bonds. The van der Waals surface area contributed by atoms with Crippen molar-refractivity contribution >= 4 is 11.6 Å². The molecule has 0 spiro atoms. The quantitative estimate of drug-likeness (QED) is 0.624. The van der Waals surface area contributed by atoms with Gasteiger partial charge in [0.1, 0.15) is 0 Å². The van der Waals surface area contributed by atoms with Crippen molar-refractivity contribution in [3.63, 3.8) is 0 Å². The molecule has 0 radical (unpaired) electrons. The van der Waals surface area contributed by atoms with Crippen LogP contribution in [0, 0.1) is 6.92 Å². The van der Waals surface area contributed by atoms with Crippen LogP contribution < -0.4 is 11.1 Å². The lowest BCUT2D eigenvalue weighted by Crippen LogP contribution is -2.22. The Morgan fingerprint density at radius 2 is 2.33 bits per heavy atom. The lowest BCUT2D eigenvalue weighted by atomic mass is 10.2. The molecule has 0 fully saturated rings. The molecule has 2 aromatic rings. The highest BCUT2D eigenvalue weighted by molar-refractivity contribution is 5.92. The van der Waals surface area contributed by atoms with Gasteiger partial charge in [-0.25, -0.2) is 4.99 Å². The number of nitrogens with two attached hydrogens (primary N) is 1. The fourth-order valence-corrected chi connectivity index (χ4v) is 1.53. The fraction of sp³-hybridized carbons (Fsp3) is 0.250. The predicted molar refractivity (Wildman–Crippen MR) is 71.1 cm³/mol. The third-order valence-electron chi connectivity index (χ3n) is 2.51. The van der Waals surface area contributed by atoms with E-state index in [0.717, 1.165) is 11.4 Å². The highest BCUT2D eigenvalue weighted by atomic mass is 15.4. The van der Waals surface area contributed by atoms with Gasteiger partial charge in [-0.15, -0.1) is 5.10 Å². The summed E-state index contributed by atoms with van der Waals surface area (Å²) in [5.41, 5.74) is 8.82. The number of nitrogens with zero attached hydrogens (tertiary/aromatic N) is 4. The summed E-state index contributed by atoms with van der Waals surface area (Å²) in [5, 5.41) is 10.6. The minimum atomic E-state index is 0.377. The van der Waals surface area contributed by atoms with Crippen molar-refractivity contribution in [1.82, 2.24) is 15.0 Å². The van der Waals surface area contributed by atoms with E-state index < -0.39 is 0 Å². The lowest BCUT2D eigenvalue weighted by Gasteiger charge is -2.06. The van der Waals surface area contributed by atoms with Gasteiger partial charge in [0.2, 0.25) is 0 Å². The second-order valence-electron chi connectivity index (χ2n) is 4.04. The summed E-state index contributed by atoms with van der Waals surface area (Å²) in [6.07, 6.45) is 1.67. The molecular weight excluding hydrogens is 228 g/mol. The average Bonchev–Trinajstić information content (AvgIpc) is 2.72. The van der Waals surface area contributed by atoms with Gasteiger partial charge in [-0.3, -0.25) is 4.68 Å². The van der Waals surface area contributed by atoms with E-state index in [9.17, 15) is 0 Å². The number of hydrogen-bond acceptors (Lipinski definition) is 3. The Balaban J connectivity index is 1.99. The number of nitrogens with one attached hydrogen (secondary N) is 1. The molecule has 1 aromatic heterocycles. The minimum Gasteiger partial charge on any atom is -0.370 e. The second-order valence-corrected chi connectivity index (χ2v) is 4.04. The van der Waals surface area contributed by atoms with Crippen LogP contribution in [-0.4, -0.2) is 21.0 Å². The molecule has 0 saturated carbocycles. The summed E-state index contributed by atoms with van der Waals surface area (Å²) >= 11 is 0. The maximum atomic E-state index is 5.81. The highest BCUT2D eigenvalue weighted by Gasteiger charge is 1.99. The van der Waals surface area contributed by atoms with Crippen LogP contribution in [0.3, 0.4) is 0 Å². The van der Waals surface area contributed by atoms with E-state index in [1.807, 2.05) is 38.2 Å². The van der Waals surface area contributed by atoms with Crippen LogP contribution >= 0.6 is 0 Å². The monoisotopic (exact) mass is 244 g/mol. The first-order chi connectivity index (χ1) is 8.65. The van der Waals surface area contributed by atoms with Crippen LogP contribution in [-0.2, 0) is 13.6 Å². The standard InChI is InChI=1S/C12H16N6/c1-9-4-3-5-10(6-9)16-12(13)14-7-11-8-15-17-18(11)2/h3-6,8H,7H2,1-2H3,(H3,13,14,16). The summed E-state index contributed by atoms with van der Waals surface area (Å²) in [4.78, 5) is 4.23. The van der Waals surface area contributed by atoms with Gasteiger partial charge >= 0.3 is 0 Å². The number of aryl methyl sites for hydroxylation is 2. The van der Waals surface area contributed by atoms with Crippen LogP contribution in [0.2, 0.25) is 0 Å². The van der Waals surface area contributed by atoms with E-state index in [0.29, 0.717) is 12.5 Å². The van der Waals surface area contributed by atoms with Crippen LogP contribution in [0.4, 0.5) is 5.69 Å². The van der Waals surface area contributed by atoms with Gasteiger partial charge < -0.3 is 11.1 Å². The fourth-order valence-electron chi connectivity index (χ4n) is 1.53. The molecule has 6 nitrogen and oxygen atoms in total. The van der Waals surface area contributed by atoms with Gasteiger partial charge in [-0.2, -0.15) is 0 Å². The summed E-state index contributed by atoms with van der Waals surface area (Å²) in [6.45, 7) is 2.48. The Bertz CT molecular complexity index is 557. The number of anilines is 1. The SMILES string of the molecule is Cc1cccc(NC(N)=NCc2cnnn2C)c1. The molecule has 0 aliphatic heterocycles. The molecule has 0 bridgehead atoms. The third-order valence-corrected chi connectivity index (χ3v) is 2.51. The van der Waals surface area contributed by atoms with E-state index in [-0.39, 0.29) is 0 Å². The topological polar surface area (TPSA) is 81.1 Å². The van der Waals surface area contributed by atoms with Crippen molar-refractivity contribution in [3.05, 3.63) is 41.7 Å². The number of aliphatic imine (C=N–C) groups is 1.